The Morgan fingerprint density at radius 3 is 1.15 bits per heavy atom. The monoisotopic (exact) mass is 789 g/mol. The first-order valence-corrected chi connectivity index (χ1v) is 23.3. The number of rotatable bonds is 22. The highest BCUT2D eigenvalue weighted by atomic mass is 16.5. The van der Waals surface area contributed by atoms with Gasteiger partial charge in [0.2, 0.25) is 0 Å². The van der Waals surface area contributed by atoms with Crippen LogP contribution >= 0.6 is 0 Å². The molecule has 0 amide bonds. The molecule has 0 aliphatic carbocycles. The van der Waals surface area contributed by atoms with Crippen LogP contribution in [0.4, 0.5) is 0 Å². The van der Waals surface area contributed by atoms with Crippen LogP contribution in [0.25, 0.3) is 54.9 Å². The second kappa shape index (κ2) is 21.1. The van der Waals surface area contributed by atoms with Crippen LogP contribution in [0.1, 0.15) is 128 Å². The molecular formula is C56H70NO2+. The number of benzene rings is 6. The summed E-state index contributed by atoms with van der Waals surface area (Å²) in [6, 6.07) is 41.0. The Hall–Kier alpha value is -4.60. The molecule has 0 spiro atoms. The molecule has 0 unspecified atom stereocenters. The van der Waals surface area contributed by atoms with Gasteiger partial charge < -0.3 is 14.0 Å². The van der Waals surface area contributed by atoms with E-state index in [0.717, 1.165) is 29.1 Å². The Morgan fingerprint density at radius 2 is 0.780 bits per heavy atom. The quantitative estimate of drug-likeness (QED) is 0.0504. The smallest absolute Gasteiger partial charge is 0.118 e. The number of fused-ring (bicyclic) bond motifs is 7. The van der Waals surface area contributed by atoms with Crippen LogP contribution in [0.2, 0.25) is 0 Å². The van der Waals surface area contributed by atoms with Crippen molar-refractivity contribution in [1.82, 2.24) is 0 Å². The Bertz CT molecular complexity index is 2070. The Morgan fingerprint density at radius 1 is 0.424 bits per heavy atom. The molecule has 0 N–H and O–H groups in total. The van der Waals surface area contributed by atoms with E-state index in [9.17, 15) is 0 Å². The lowest BCUT2D eigenvalue weighted by atomic mass is 9.82. The number of ether oxygens (including phenoxy) is 2. The molecule has 0 saturated heterocycles. The summed E-state index contributed by atoms with van der Waals surface area (Å²) in [6.07, 6.45) is 21.5. The van der Waals surface area contributed by atoms with Gasteiger partial charge in [-0.2, -0.15) is 0 Å². The number of hydrogen-bond donors (Lipinski definition) is 0. The number of unbranched alkanes of at least 4 members (excludes halogenated alkanes) is 14. The van der Waals surface area contributed by atoms with Crippen LogP contribution in [0.5, 0.6) is 11.5 Å². The number of methoxy groups -OCH3 is 2. The second-order valence-corrected chi connectivity index (χ2v) is 17.5. The van der Waals surface area contributed by atoms with E-state index >= 15 is 0 Å². The molecule has 0 atom stereocenters. The van der Waals surface area contributed by atoms with Gasteiger partial charge in [0.15, 0.2) is 0 Å². The fourth-order valence-electron chi connectivity index (χ4n) is 10.1. The Kier molecular flexibility index (Phi) is 15.2. The lowest BCUT2D eigenvalue weighted by molar-refractivity contribution is -0.953. The van der Waals surface area contributed by atoms with Gasteiger partial charge in [-0.15, -0.1) is 0 Å². The lowest BCUT2D eigenvalue weighted by Crippen LogP contribution is -2.47. The second-order valence-electron chi connectivity index (χ2n) is 17.5. The highest BCUT2D eigenvalue weighted by Gasteiger charge is 2.37. The molecule has 1 aliphatic heterocycles. The summed E-state index contributed by atoms with van der Waals surface area (Å²) in [5, 5.41) is 5.32. The zero-order valence-electron chi connectivity index (χ0n) is 36.8. The predicted molar refractivity (Wildman–Crippen MR) is 253 cm³/mol. The molecule has 0 fully saturated rings. The van der Waals surface area contributed by atoms with Gasteiger partial charge in [0.25, 0.3) is 0 Å². The fraction of sp³-hybridized carbons (Fsp3) is 0.429. The molecule has 310 valence electrons. The first-order chi connectivity index (χ1) is 29.1. The van der Waals surface area contributed by atoms with Gasteiger partial charge in [-0.3, -0.25) is 0 Å². The van der Waals surface area contributed by atoms with E-state index in [0.29, 0.717) is 0 Å². The summed E-state index contributed by atoms with van der Waals surface area (Å²) >= 11 is 0. The van der Waals surface area contributed by atoms with E-state index in [1.807, 2.05) is 0 Å². The molecule has 6 aromatic rings. The highest BCUT2D eigenvalue weighted by Crippen LogP contribution is 2.50. The summed E-state index contributed by atoms with van der Waals surface area (Å²) < 4.78 is 12.4. The van der Waals surface area contributed by atoms with Gasteiger partial charge in [-0.25, -0.2) is 0 Å². The summed E-state index contributed by atoms with van der Waals surface area (Å²) in [4.78, 5) is 0. The zero-order valence-corrected chi connectivity index (χ0v) is 36.8. The molecule has 7 rings (SSSR count). The molecule has 3 nitrogen and oxygen atoms in total. The number of hydrogen-bond acceptors (Lipinski definition) is 2. The van der Waals surface area contributed by atoms with Crippen LogP contribution in [-0.4, -0.2) is 31.8 Å². The van der Waals surface area contributed by atoms with Crippen molar-refractivity contribution >= 4 is 21.5 Å². The van der Waals surface area contributed by atoms with Crippen molar-refractivity contribution in [2.24, 2.45) is 0 Å². The molecule has 59 heavy (non-hydrogen) atoms. The molecule has 3 heteroatoms. The summed E-state index contributed by atoms with van der Waals surface area (Å²) in [5.41, 5.74) is 11.1. The Balaban J connectivity index is 1.42. The summed E-state index contributed by atoms with van der Waals surface area (Å²) in [7, 11) is 3.53. The standard InChI is InChI=1S/C56H70NO2/c1-5-7-9-11-13-15-17-23-37-57(38-24-18-16-14-12-10-8-6-2)41-53-51(43-29-33-47(58-3)34-30-43)39-45-25-19-21-27-49(45)55(53)56-50-28-22-20-26-46(50)40-52(54(56)42-57)44-31-35-48(59-4)36-32-44/h19-22,25-36,39-40H,5-18,23-24,37-38,41-42H2,1-4H3/q+1. The van der Waals surface area contributed by atoms with Gasteiger partial charge in [0, 0.05) is 22.3 Å². The average molecular weight is 789 g/mol. The van der Waals surface area contributed by atoms with Crippen molar-refractivity contribution in [3.05, 3.63) is 120 Å². The van der Waals surface area contributed by atoms with Crippen molar-refractivity contribution in [2.45, 2.75) is 130 Å². The molecule has 0 bridgehead atoms. The van der Waals surface area contributed by atoms with Crippen LogP contribution in [-0.2, 0) is 13.1 Å². The molecule has 1 aliphatic rings. The van der Waals surface area contributed by atoms with Gasteiger partial charge in [-0.05, 0) is 106 Å². The third kappa shape index (κ3) is 10.2. The zero-order chi connectivity index (χ0) is 40.9. The van der Waals surface area contributed by atoms with Gasteiger partial charge >= 0.3 is 0 Å². The normalized spacial score (nSPS) is 13.3. The van der Waals surface area contributed by atoms with E-state index in [2.05, 4.69) is 123 Å². The lowest BCUT2D eigenvalue weighted by Gasteiger charge is -2.39. The summed E-state index contributed by atoms with van der Waals surface area (Å²) in [6.45, 7) is 9.10. The largest absolute Gasteiger partial charge is 0.497 e. The first-order valence-electron chi connectivity index (χ1n) is 23.3. The van der Waals surface area contributed by atoms with Gasteiger partial charge in [0.05, 0.1) is 27.3 Å². The minimum Gasteiger partial charge on any atom is -0.497 e. The van der Waals surface area contributed by atoms with Crippen LogP contribution < -0.4 is 9.47 Å². The van der Waals surface area contributed by atoms with Crippen molar-refractivity contribution in [1.29, 1.82) is 0 Å². The molecule has 6 aromatic carbocycles. The van der Waals surface area contributed by atoms with E-state index in [4.69, 9.17) is 9.47 Å². The topological polar surface area (TPSA) is 18.5 Å². The molecule has 0 radical (unpaired) electrons. The maximum absolute atomic E-state index is 5.68. The SMILES string of the molecule is CCCCCCCCCC[N+]1(CCCCCCCCCC)Cc2c(-c3ccc(OC)cc3)cc3ccccc3c2-c2c(c(-c3ccc(OC)cc3)cc3ccccc23)C1. The van der Waals surface area contributed by atoms with E-state index in [-0.39, 0.29) is 0 Å². The van der Waals surface area contributed by atoms with Crippen molar-refractivity contribution in [2.75, 3.05) is 27.3 Å². The summed E-state index contributed by atoms with van der Waals surface area (Å²) in [5.74, 6) is 1.80. The minimum atomic E-state index is 0.899. The van der Waals surface area contributed by atoms with Crippen LogP contribution in [0.15, 0.2) is 109 Å². The maximum Gasteiger partial charge on any atom is 0.118 e. The number of quaternary nitrogens is 1. The van der Waals surface area contributed by atoms with Crippen LogP contribution in [0, 0.1) is 0 Å². The van der Waals surface area contributed by atoms with Crippen LogP contribution in [0.3, 0.4) is 0 Å². The first kappa shape index (κ1) is 42.5. The molecule has 1 heterocycles. The van der Waals surface area contributed by atoms with E-state index in [1.165, 1.54) is 182 Å². The fourth-order valence-corrected chi connectivity index (χ4v) is 10.1. The Labute approximate surface area is 356 Å². The van der Waals surface area contributed by atoms with Gasteiger partial charge in [0.1, 0.15) is 24.6 Å². The highest BCUT2D eigenvalue weighted by molar-refractivity contribution is 6.12. The van der Waals surface area contributed by atoms with Crippen molar-refractivity contribution in [3.63, 3.8) is 0 Å². The molecule has 0 saturated carbocycles. The molecule has 0 aromatic heterocycles. The number of nitrogens with zero attached hydrogens (tertiary/aromatic N) is 1. The third-order valence-corrected chi connectivity index (χ3v) is 13.3. The van der Waals surface area contributed by atoms with Gasteiger partial charge in [-0.1, -0.05) is 164 Å². The minimum absolute atomic E-state index is 0.899. The predicted octanol–water partition coefficient (Wildman–Crippen LogP) is 16.1. The molecular weight excluding hydrogens is 719 g/mol. The van der Waals surface area contributed by atoms with E-state index in [1.54, 1.807) is 14.2 Å². The maximum atomic E-state index is 5.68. The average Bonchev–Trinajstić information content (AvgIpc) is 3.43. The van der Waals surface area contributed by atoms with Crippen molar-refractivity contribution in [3.8, 4) is 44.9 Å². The third-order valence-electron chi connectivity index (χ3n) is 13.3. The van der Waals surface area contributed by atoms with Crippen molar-refractivity contribution < 1.29 is 14.0 Å². The van der Waals surface area contributed by atoms with E-state index < -0.39 is 0 Å².